The fraction of sp³-hybridized carbons (Fsp3) is 0.250. The molecule has 0 aliphatic heterocycles. The predicted octanol–water partition coefficient (Wildman–Crippen LogP) is -4.76. The third-order valence-corrected chi connectivity index (χ3v) is 0.167. The number of carboxylic acids is 3. The molecule has 0 amide bonds. The molecule has 6 nitrogen and oxygen atoms in total. The monoisotopic (exact) mass is 275 g/mol. The molecule has 0 atom stereocenters. The average molecular weight is 278 g/mol. The van der Waals surface area contributed by atoms with Crippen LogP contribution in [0.15, 0.2) is 0 Å². The Balaban J connectivity index is -0.0000000483. The van der Waals surface area contributed by atoms with Gasteiger partial charge in [-0.3, -0.25) is 0 Å². The molecule has 0 aliphatic carbocycles. The van der Waals surface area contributed by atoms with Gasteiger partial charge in [0.1, 0.15) is 0 Å². The Morgan fingerprint density at radius 2 is 0.917 bits per heavy atom. The summed E-state index contributed by atoms with van der Waals surface area (Å²) in [6, 6.07) is 0. The predicted molar refractivity (Wildman–Crippen MR) is 20.7 cm³/mol. The van der Waals surface area contributed by atoms with Crippen LogP contribution in [-0.2, 0) is 53.3 Å². The minimum atomic E-state index is -2.19. The van der Waals surface area contributed by atoms with Gasteiger partial charge in [0.2, 0.25) is 0 Å². The summed E-state index contributed by atoms with van der Waals surface area (Å²) in [5.74, 6) is -5.45. The summed E-state index contributed by atoms with van der Waals surface area (Å²) in [6.45, 7) is 0.972. The molecule has 0 aliphatic rings. The molecule has 0 fully saturated rings. The standard InChI is InChI=1S/C2H2O4.C2H4O2.2Zn/c3-1(4)2(5)6;1-2(3)4;;/h(H,3,4)(H,5,6);1H3,(H,3,4);;/q;;2*+2/p-3. The van der Waals surface area contributed by atoms with E-state index in [0.717, 1.165) is 6.92 Å². The first-order valence-electron chi connectivity index (χ1n) is 1.97. The van der Waals surface area contributed by atoms with Crippen molar-refractivity contribution >= 4 is 17.9 Å². The van der Waals surface area contributed by atoms with Crippen molar-refractivity contribution in [2.75, 3.05) is 0 Å². The Hall–Kier alpha value is -0.343. The van der Waals surface area contributed by atoms with Gasteiger partial charge in [0, 0.05) is 5.97 Å². The SMILES string of the molecule is CC(=O)[O-].O=C([O-])C(=O)[O-].[Zn+2].[Zn+2]. The van der Waals surface area contributed by atoms with Crippen molar-refractivity contribution in [1.82, 2.24) is 0 Å². The minimum absolute atomic E-state index is 0. The van der Waals surface area contributed by atoms with Gasteiger partial charge in [-0.1, -0.05) is 0 Å². The van der Waals surface area contributed by atoms with E-state index in [1.54, 1.807) is 0 Å². The zero-order chi connectivity index (χ0) is 8.73. The van der Waals surface area contributed by atoms with Gasteiger partial charge >= 0.3 is 39.0 Å². The molecule has 0 spiro atoms. The van der Waals surface area contributed by atoms with Crippen LogP contribution in [0.25, 0.3) is 0 Å². The van der Waals surface area contributed by atoms with E-state index in [9.17, 15) is 0 Å². The number of carboxylic acid groups (broad SMARTS) is 3. The van der Waals surface area contributed by atoms with E-state index >= 15 is 0 Å². The van der Waals surface area contributed by atoms with E-state index in [2.05, 4.69) is 0 Å². The molecular formula is C4H3O6Zn2+. The van der Waals surface area contributed by atoms with E-state index in [1.165, 1.54) is 0 Å². The molecule has 12 heavy (non-hydrogen) atoms. The van der Waals surface area contributed by atoms with Crippen molar-refractivity contribution in [3.63, 3.8) is 0 Å². The van der Waals surface area contributed by atoms with Gasteiger partial charge in [-0.25, -0.2) is 0 Å². The molecule has 0 bridgehead atoms. The van der Waals surface area contributed by atoms with E-state index in [4.69, 9.17) is 29.7 Å². The van der Waals surface area contributed by atoms with Gasteiger partial charge in [0.15, 0.2) is 0 Å². The molecule has 0 unspecified atom stereocenters. The summed E-state index contributed by atoms with van der Waals surface area (Å²) in [7, 11) is 0. The molecular weight excluding hydrogens is 275 g/mol. The van der Waals surface area contributed by atoms with Gasteiger partial charge in [-0.15, -0.1) is 0 Å². The zero-order valence-corrected chi connectivity index (χ0v) is 12.3. The van der Waals surface area contributed by atoms with Gasteiger partial charge < -0.3 is 29.7 Å². The molecule has 0 N–H and O–H groups in total. The summed E-state index contributed by atoms with van der Waals surface area (Å²) >= 11 is 0. The van der Waals surface area contributed by atoms with E-state index in [-0.39, 0.29) is 39.0 Å². The maximum atomic E-state index is 8.93. The number of carbonyl (C=O) groups is 3. The third-order valence-electron chi connectivity index (χ3n) is 0.167. The number of carbonyl (C=O) groups excluding carboxylic acids is 3. The van der Waals surface area contributed by atoms with Crippen LogP contribution in [0.2, 0.25) is 0 Å². The summed E-state index contributed by atoms with van der Waals surface area (Å²) in [5.41, 5.74) is 0. The number of hydrogen-bond donors (Lipinski definition) is 0. The largest absolute Gasteiger partial charge is 2.00 e. The molecule has 0 heterocycles. The molecule has 0 rings (SSSR count). The number of hydrogen-bond acceptors (Lipinski definition) is 6. The van der Waals surface area contributed by atoms with Crippen LogP contribution in [0.5, 0.6) is 0 Å². The number of aliphatic carboxylic acids is 3. The van der Waals surface area contributed by atoms with Crippen LogP contribution in [0, 0.1) is 0 Å². The Labute approximate surface area is 93.5 Å². The third kappa shape index (κ3) is 54.1. The van der Waals surface area contributed by atoms with Gasteiger partial charge in [0.25, 0.3) is 0 Å². The van der Waals surface area contributed by atoms with Crippen LogP contribution < -0.4 is 15.3 Å². The second-order valence-electron chi connectivity index (χ2n) is 1.07. The van der Waals surface area contributed by atoms with Crippen molar-refractivity contribution in [1.29, 1.82) is 0 Å². The second kappa shape index (κ2) is 13.3. The van der Waals surface area contributed by atoms with E-state index < -0.39 is 17.9 Å². The first kappa shape index (κ1) is 22.6. The molecule has 0 saturated heterocycles. The van der Waals surface area contributed by atoms with Crippen LogP contribution in [-0.4, -0.2) is 17.9 Å². The summed E-state index contributed by atoms with van der Waals surface area (Å²) in [4.78, 5) is 26.7. The first-order chi connectivity index (χ1) is 4.37. The fourth-order valence-corrected chi connectivity index (χ4v) is 0. The minimum Gasteiger partial charge on any atom is -0.550 e. The fourth-order valence-electron chi connectivity index (χ4n) is 0. The average Bonchev–Trinajstić information content (AvgIpc) is 1.63. The Kier molecular flexibility index (Phi) is 25.0. The Morgan fingerprint density at radius 3 is 0.917 bits per heavy atom. The van der Waals surface area contributed by atoms with Crippen LogP contribution in [0.3, 0.4) is 0 Å². The Bertz CT molecular complexity index is 140. The smallest absolute Gasteiger partial charge is 0.550 e. The van der Waals surface area contributed by atoms with Crippen LogP contribution >= 0.6 is 0 Å². The van der Waals surface area contributed by atoms with Gasteiger partial charge in [0.05, 0.1) is 11.9 Å². The molecule has 58 valence electrons. The van der Waals surface area contributed by atoms with Gasteiger partial charge in [-0.05, 0) is 6.92 Å². The molecule has 0 aromatic heterocycles. The molecule has 8 heteroatoms. The topological polar surface area (TPSA) is 120 Å². The van der Waals surface area contributed by atoms with Crippen molar-refractivity contribution in [2.24, 2.45) is 0 Å². The zero-order valence-electron chi connectivity index (χ0n) is 6.36. The number of rotatable bonds is 0. The van der Waals surface area contributed by atoms with Crippen molar-refractivity contribution < 1.29 is 68.7 Å². The molecule has 0 radical (unpaired) electrons. The molecule has 0 saturated carbocycles. The van der Waals surface area contributed by atoms with Crippen molar-refractivity contribution in [3.8, 4) is 0 Å². The summed E-state index contributed by atoms with van der Waals surface area (Å²) in [5, 5.41) is 26.7. The summed E-state index contributed by atoms with van der Waals surface area (Å²) in [6.07, 6.45) is 0. The maximum Gasteiger partial charge on any atom is 2.00 e. The van der Waals surface area contributed by atoms with E-state index in [1.807, 2.05) is 0 Å². The van der Waals surface area contributed by atoms with Crippen LogP contribution in [0.4, 0.5) is 0 Å². The maximum absolute atomic E-state index is 8.93. The van der Waals surface area contributed by atoms with Crippen molar-refractivity contribution in [2.45, 2.75) is 6.92 Å². The second-order valence-corrected chi connectivity index (χ2v) is 1.07. The first-order valence-corrected chi connectivity index (χ1v) is 1.97. The van der Waals surface area contributed by atoms with E-state index in [0.29, 0.717) is 0 Å². The quantitative estimate of drug-likeness (QED) is 0.324. The van der Waals surface area contributed by atoms with Crippen LogP contribution in [0.1, 0.15) is 6.92 Å². The normalized spacial score (nSPS) is 5.75. The molecule has 0 aromatic rings. The summed E-state index contributed by atoms with van der Waals surface area (Å²) < 4.78 is 0. The van der Waals surface area contributed by atoms with Gasteiger partial charge in [-0.2, -0.15) is 0 Å². The molecule has 0 aromatic carbocycles. The Morgan fingerprint density at radius 1 is 0.833 bits per heavy atom. The van der Waals surface area contributed by atoms with Crippen molar-refractivity contribution in [3.05, 3.63) is 0 Å².